The van der Waals surface area contributed by atoms with Crippen molar-refractivity contribution in [3.05, 3.63) is 70.4 Å². The van der Waals surface area contributed by atoms with E-state index in [0.717, 1.165) is 5.69 Å². The molecule has 0 atom stereocenters. The summed E-state index contributed by atoms with van der Waals surface area (Å²) in [7, 11) is 3.34. The van der Waals surface area contributed by atoms with E-state index < -0.39 is 4.92 Å². The van der Waals surface area contributed by atoms with Crippen molar-refractivity contribution in [1.82, 2.24) is 9.97 Å². The predicted octanol–water partition coefficient (Wildman–Crippen LogP) is 4.21. The van der Waals surface area contributed by atoms with Gasteiger partial charge in [-0.3, -0.25) is 10.1 Å². The summed E-state index contributed by atoms with van der Waals surface area (Å²) in [5.41, 5.74) is 1.54. The van der Waals surface area contributed by atoms with Gasteiger partial charge in [-0.05, 0) is 31.2 Å². The number of para-hydroxylation sites is 3. The minimum absolute atomic E-state index is 0.106. The molecule has 0 saturated carbocycles. The molecule has 0 saturated heterocycles. The summed E-state index contributed by atoms with van der Waals surface area (Å²) in [5.74, 6) is 1.01. The molecule has 1 heterocycles. The molecule has 0 radical (unpaired) electrons. The topological polar surface area (TPSA) is 93.4 Å². The Labute approximate surface area is 156 Å². The van der Waals surface area contributed by atoms with E-state index in [9.17, 15) is 10.1 Å². The molecule has 27 heavy (non-hydrogen) atoms. The second-order valence-electron chi connectivity index (χ2n) is 5.78. The van der Waals surface area contributed by atoms with Gasteiger partial charge in [0.2, 0.25) is 11.8 Å². The van der Waals surface area contributed by atoms with E-state index in [2.05, 4.69) is 15.3 Å². The lowest BCUT2D eigenvalue weighted by Gasteiger charge is -2.19. The van der Waals surface area contributed by atoms with Crippen molar-refractivity contribution >= 4 is 28.8 Å². The Morgan fingerprint density at radius 2 is 1.74 bits per heavy atom. The third-order valence-corrected chi connectivity index (χ3v) is 4.03. The number of benzene rings is 2. The number of aryl methyl sites for hydroxylation is 1. The molecule has 0 aliphatic rings. The van der Waals surface area contributed by atoms with Gasteiger partial charge in [-0.15, -0.1) is 0 Å². The fraction of sp³-hybridized carbons (Fsp3) is 0.158. The summed E-state index contributed by atoms with van der Waals surface area (Å²) in [4.78, 5) is 21.6. The zero-order chi connectivity index (χ0) is 19.4. The van der Waals surface area contributed by atoms with E-state index in [1.807, 2.05) is 49.5 Å². The highest BCUT2D eigenvalue weighted by molar-refractivity contribution is 5.72. The lowest BCUT2D eigenvalue weighted by Crippen LogP contribution is -2.15. The monoisotopic (exact) mass is 365 g/mol. The van der Waals surface area contributed by atoms with Crippen LogP contribution in [-0.4, -0.2) is 29.0 Å². The second-order valence-corrected chi connectivity index (χ2v) is 5.78. The van der Waals surface area contributed by atoms with E-state index in [-0.39, 0.29) is 17.2 Å². The number of nitrogens with one attached hydrogen (secondary N) is 1. The van der Waals surface area contributed by atoms with Crippen LogP contribution >= 0.6 is 0 Å². The first-order valence-electron chi connectivity index (χ1n) is 8.23. The Morgan fingerprint density at radius 1 is 1.07 bits per heavy atom. The smallest absolute Gasteiger partial charge is 0.332 e. The average Bonchev–Trinajstić information content (AvgIpc) is 2.67. The fourth-order valence-corrected chi connectivity index (χ4v) is 2.65. The minimum atomic E-state index is -0.487. The van der Waals surface area contributed by atoms with E-state index in [0.29, 0.717) is 17.4 Å². The zero-order valence-corrected chi connectivity index (χ0v) is 15.2. The third-order valence-electron chi connectivity index (χ3n) is 4.03. The van der Waals surface area contributed by atoms with Crippen LogP contribution < -0.4 is 15.0 Å². The highest BCUT2D eigenvalue weighted by Crippen LogP contribution is 2.34. The summed E-state index contributed by atoms with van der Waals surface area (Å²) in [6.45, 7) is 1.59. The molecule has 138 valence electrons. The van der Waals surface area contributed by atoms with Crippen LogP contribution in [0.3, 0.4) is 0 Å². The number of rotatable bonds is 6. The molecule has 0 aliphatic heterocycles. The van der Waals surface area contributed by atoms with Gasteiger partial charge in [0.05, 0.1) is 17.7 Å². The van der Waals surface area contributed by atoms with Crippen LogP contribution in [0.5, 0.6) is 5.75 Å². The molecular formula is C19H19N5O3. The molecule has 8 heteroatoms. The number of nitrogens with zero attached hydrogens (tertiary/aromatic N) is 4. The van der Waals surface area contributed by atoms with Crippen LogP contribution in [-0.2, 0) is 0 Å². The summed E-state index contributed by atoms with van der Waals surface area (Å²) < 4.78 is 5.31. The minimum Gasteiger partial charge on any atom is -0.495 e. The maximum Gasteiger partial charge on any atom is 0.332 e. The van der Waals surface area contributed by atoms with Gasteiger partial charge in [0.25, 0.3) is 0 Å². The molecule has 0 amide bonds. The van der Waals surface area contributed by atoms with E-state index in [1.54, 1.807) is 24.0 Å². The van der Waals surface area contributed by atoms with Crippen LogP contribution in [0.15, 0.2) is 54.6 Å². The van der Waals surface area contributed by atoms with Crippen molar-refractivity contribution in [2.24, 2.45) is 0 Å². The molecule has 3 rings (SSSR count). The third kappa shape index (κ3) is 3.79. The average molecular weight is 365 g/mol. The van der Waals surface area contributed by atoms with E-state index in [4.69, 9.17) is 4.74 Å². The molecule has 0 aliphatic carbocycles. The van der Waals surface area contributed by atoms with Crippen LogP contribution in [0.2, 0.25) is 0 Å². The number of nitro groups is 1. The molecule has 0 spiro atoms. The van der Waals surface area contributed by atoms with Gasteiger partial charge < -0.3 is 15.0 Å². The largest absolute Gasteiger partial charge is 0.495 e. The summed E-state index contributed by atoms with van der Waals surface area (Å²) in [6, 6.07) is 16.7. The standard InChI is InChI=1S/C19H19N5O3/c1-13-17(24(25)26)18(21-15-11-7-8-12-16(15)27-3)22-19(20-13)23(2)14-9-5-4-6-10-14/h4-12H,1-3H3,(H,20,21,22). The van der Waals surface area contributed by atoms with Gasteiger partial charge in [0, 0.05) is 12.7 Å². The lowest BCUT2D eigenvalue weighted by atomic mass is 10.2. The molecule has 2 aromatic carbocycles. The van der Waals surface area contributed by atoms with Crippen LogP contribution in [0.25, 0.3) is 0 Å². The SMILES string of the molecule is COc1ccccc1Nc1nc(N(C)c2ccccc2)nc(C)c1[N+](=O)[O-]. The highest BCUT2D eigenvalue weighted by Gasteiger charge is 2.24. The molecule has 1 aromatic heterocycles. The first-order valence-corrected chi connectivity index (χ1v) is 8.23. The number of anilines is 4. The van der Waals surface area contributed by atoms with Crippen LogP contribution in [0.1, 0.15) is 5.69 Å². The first kappa shape index (κ1) is 18.1. The summed E-state index contributed by atoms with van der Waals surface area (Å²) >= 11 is 0. The normalized spacial score (nSPS) is 10.3. The quantitative estimate of drug-likeness (QED) is 0.516. The van der Waals surface area contributed by atoms with E-state index in [1.165, 1.54) is 7.11 Å². The number of ether oxygens (including phenoxy) is 1. The van der Waals surface area contributed by atoms with Crippen molar-refractivity contribution < 1.29 is 9.66 Å². The van der Waals surface area contributed by atoms with Crippen molar-refractivity contribution in [2.75, 3.05) is 24.4 Å². The highest BCUT2D eigenvalue weighted by atomic mass is 16.6. The Kier molecular flexibility index (Phi) is 5.16. The number of aromatic nitrogens is 2. The summed E-state index contributed by atoms with van der Waals surface area (Å²) in [5, 5.41) is 14.6. The Bertz CT molecular complexity index is 963. The molecule has 0 unspecified atom stereocenters. The molecule has 1 N–H and O–H groups in total. The van der Waals surface area contributed by atoms with Gasteiger partial charge in [-0.2, -0.15) is 4.98 Å². The van der Waals surface area contributed by atoms with Gasteiger partial charge in [-0.25, -0.2) is 4.98 Å². The predicted molar refractivity (Wildman–Crippen MR) is 104 cm³/mol. The second kappa shape index (κ2) is 7.69. The van der Waals surface area contributed by atoms with Crippen LogP contribution in [0, 0.1) is 17.0 Å². The zero-order valence-electron chi connectivity index (χ0n) is 15.2. The molecule has 3 aromatic rings. The summed E-state index contributed by atoms with van der Waals surface area (Å²) in [6.07, 6.45) is 0. The van der Waals surface area contributed by atoms with Gasteiger partial charge >= 0.3 is 5.69 Å². The molecule has 0 bridgehead atoms. The van der Waals surface area contributed by atoms with Gasteiger partial charge in [0.15, 0.2) is 0 Å². The van der Waals surface area contributed by atoms with Gasteiger partial charge in [-0.1, -0.05) is 30.3 Å². The number of hydrogen-bond donors (Lipinski definition) is 1. The van der Waals surface area contributed by atoms with Crippen molar-refractivity contribution in [3.63, 3.8) is 0 Å². The maximum atomic E-state index is 11.6. The molecular weight excluding hydrogens is 346 g/mol. The van der Waals surface area contributed by atoms with Crippen LogP contribution in [0.4, 0.5) is 28.8 Å². The lowest BCUT2D eigenvalue weighted by molar-refractivity contribution is -0.385. The van der Waals surface area contributed by atoms with E-state index >= 15 is 0 Å². The molecule has 0 fully saturated rings. The van der Waals surface area contributed by atoms with Gasteiger partial charge in [0.1, 0.15) is 11.4 Å². The maximum absolute atomic E-state index is 11.6. The Morgan fingerprint density at radius 3 is 2.41 bits per heavy atom. The fourth-order valence-electron chi connectivity index (χ4n) is 2.65. The number of methoxy groups -OCH3 is 1. The van der Waals surface area contributed by atoms with Crippen molar-refractivity contribution in [1.29, 1.82) is 0 Å². The Hall–Kier alpha value is -3.68. The van der Waals surface area contributed by atoms with Crippen molar-refractivity contribution in [3.8, 4) is 5.75 Å². The number of hydrogen-bond acceptors (Lipinski definition) is 7. The molecule has 8 nitrogen and oxygen atoms in total. The first-order chi connectivity index (χ1) is 13.0. The Balaban J connectivity index is 2.08. The van der Waals surface area contributed by atoms with Crippen molar-refractivity contribution in [2.45, 2.75) is 6.92 Å².